The third-order valence-corrected chi connectivity index (χ3v) is 4.90. The molecule has 9 heteroatoms. The summed E-state index contributed by atoms with van der Waals surface area (Å²) in [5.74, 6) is -1.83. The first kappa shape index (κ1) is 24.5. The normalized spacial score (nSPS) is 14.9. The second-order valence-corrected chi connectivity index (χ2v) is 8.69. The summed E-state index contributed by atoms with van der Waals surface area (Å²) in [4.78, 5) is 39.9. The van der Waals surface area contributed by atoms with E-state index >= 15 is 0 Å². The first-order valence-electron chi connectivity index (χ1n) is 10.5. The van der Waals surface area contributed by atoms with E-state index in [1.54, 1.807) is 9.80 Å². The molecule has 2 rings (SSSR count). The van der Waals surface area contributed by atoms with Crippen LogP contribution in [0.4, 0.5) is 10.5 Å². The third-order valence-electron chi connectivity index (χ3n) is 4.90. The number of hydrogen-bond donors (Lipinski definition) is 2. The molecule has 0 radical (unpaired) electrons. The monoisotopic (exact) mass is 435 g/mol. The maximum Gasteiger partial charge on any atom is 0.410 e. The zero-order chi connectivity index (χ0) is 23.0. The van der Waals surface area contributed by atoms with Crippen molar-refractivity contribution in [3.05, 3.63) is 29.8 Å². The molecule has 9 nitrogen and oxygen atoms in total. The van der Waals surface area contributed by atoms with E-state index in [4.69, 9.17) is 14.9 Å². The van der Waals surface area contributed by atoms with Gasteiger partial charge in [0.2, 0.25) is 0 Å². The van der Waals surface area contributed by atoms with Gasteiger partial charge in [-0.3, -0.25) is 14.5 Å². The predicted molar refractivity (Wildman–Crippen MR) is 116 cm³/mol. The summed E-state index contributed by atoms with van der Waals surface area (Å²) in [6.45, 7) is 9.40. The van der Waals surface area contributed by atoms with Crippen LogP contribution in [0.2, 0.25) is 0 Å². The van der Waals surface area contributed by atoms with Gasteiger partial charge in [-0.2, -0.15) is 0 Å². The van der Waals surface area contributed by atoms with Crippen molar-refractivity contribution >= 4 is 23.7 Å². The lowest BCUT2D eigenvalue weighted by molar-refractivity contribution is -0.137. The minimum Gasteiger partial charge on any atom is -0.481 e. The van der Waals surface area contributed by atoms with Gasteiger partial charge < -0.3 is 24.7 Å². The summed E-state index contributed by atoms with van der Waals surface area (Å²) in [7, 11) is 0. The largest absolute Gasteiger partial charge is 0.481 e. The SMILES string of the molecule is CC(C)(C)OC(=O)N1CCN(Cc2cccc(N(CCC(=O)O)CCC(=O)O)c2)CC1. The first-order chi connectivity index (χ1) is 14.5. The smallest absolute Gasteiger partial charge is 0.410 e. The maximum absolute atomic E-state index is 12.2. The molecule has 172 valence electrons. The quantitative estimate of drug-likeness (QED) is 0.609. The standard InChI is InChI=1S/C22H33N3O6/c1-22(2,3)31-21(30)25-13-11-23(12-14-25)16-17-5-4-6-18(15-17)24(9-7-19(26)27)10-8-20(28)29/h4-6,15H,7-14,16H2,1-3H3,(H,26,27)(H,28,29). The molecule has 0 aromatic heterocycles. The van der Waals surface area contributed by atoms with Gasteiger partial charge in [0.05, 0.1) is 12.8 Å². The highest BCUT2D eigenvalue weighted by molar-refractivity contribution is 5.69. The number of rotatable bonds is 9. The second-order valence-electron chi connectivity index (χ2n) is 8.69. The van der Waals surface area contributed by atoms with E-state index in [9.17, 15) is 14.4 Å². The summed E-state index contributed by atoms with van der Waals surface area (Å²) >= 11 is 0. The first-order valence-corrected chi connectivity index (χ1v) is 10.5. The van der Waals surface area contributed by atoms with Gasteiger partial charge in [0.1, 0.15) is 5.60 Å². The fraction of sp³-hybridized carbons (Fsp3) is 0.591. The fourth-order valence-electron chi connectivity index (χ4n) is 3.36. The van der Waals surface area contributed by atoms with Crippen LogP contribution in [0.5, 0.6) is 0 Å². The Bertz CT molecular complexity index is 751. The summed E-state index contributed by atoms with van der Waals surface area (Å²) in [5, 5.41) is 18.0. The fourth-order valence-corrected chi connectivity index (χ4v) is 3.36. The van der Waals surface area contributed by atoms with Crippen molar-refractivity contribution in [2.45, 2.75) is 45.8 Å². The molecule has 1 fully saturated rings. The number of hydrogen-bond acceptors (Lipinski definition) is 6. The number of carbonyl (C=O) groups excluding carboxylic acids is 1. The molecule has 0 bridgehead atoms. The molecule has 1 saturated heterocycles. The Morgan fingerprint density at radius 1 is 1.00 bits per heavy atom. The van der Waals surface area contributed by atoms with Crippen LogP contribution in [-0.2, 0) is 20.9 Å². The number of carboxylic acids is 2. The van der Waals surface area contributed by atoms with E-state index in [0.717, 1.165) is 24.3 Å². The molecular weight excluding hydrogens is 402 g/mol. The molecule has 2 N–H and O–H groups in total. The number of anilines is 1. The second kappa shape index (κ2) is 11.0. The molecule has 1 aliphatic rings. The van der Waals surface area contributed by atoms with E-state index < -0.39 is 17.5 Å². The molecule has 0 unspecified atom stereocenters. The van der Waals surface area contributed by atoms with Crippen LogP contribution in [-0.4, -0.2) is 82.9 Å². The summed E-state index contributed by atoms with van der Waals surface area (Å²) in [6.07, 6.45) is -0.408. The van der Waals surface area contributed by atoms with E-state index in [1.165, 1.54) is 0 Å². The highest BCUT2D eigenvalue weighted by Gasteiger charge is 2.25. The van der Waals surface area contributed by atoms with Crippen molar-refractivity contribution in [1.29, 1.82) is 0 Å². The van der Waals surface area contributed by atoms with E-state index in [2.05, 4.69) is 4.90 Å². The average Bonchev–Trinajstić information content (AvgIpc) is 2.67. The molecule has 0 aliphatic carbocycles. The van der Waals surface area contributed by atoms with Crippen LogP contribution in [0.15, 0.2) is 24.3 Å². The van der Waals surface area contributed by atoms with Gasteiger partial charge in [0.25, 0.3) is 0 Å². The van der Waals surface area contributed by atoms with Gasteiger partial charge in [-0.1, -0.05) is 12.1 Å². The molecule has 31 heavy (non-hydrogen) atoms. The Morgan fingerprint density at radius 2 is 1.58 bits per heavy atom. The number of carbonyl (C=O) groups is 3. The van der Waals surface area contributed by atoms with E-state index in [1.807, 2.05) is 45.0 Å². The van der Waals surface area contributed by atoms with Gasteiger partial charge in [-0.25, -0.2) is 4.79 Å². The minimum absolute atomic E-state index is 0.0591. The highest BCUT2D eigenvalue weighted by Crippen LogP contribution is 2.19. The van der Waals surface area contributed by atoms with Gasteiger partial charge in [-0.05, 0) is 38.5 Å². The lowest BCUT2D eigenvalue weighted by atomic mass is 10.1. The minimum atomic E-state index is -0.917. The van der Waals surface area contributed by atoms with E-state index in [0.29, 0.717) is 19.6 Å². The maximum atomic E-state index is 12.2. The average molecular weight is 436 g/mol. The summed E-state index contributed by atoms with van der Waals surface area (Å²) < 4.78 is 5.43. The Balaban J connectivity index is 1.95. The molecule has 1 heterocycles. The zero-order valence-electron chi connectivity index (χ0n) is 18.5. The number of piperazine rings is 1. The van der Waals surface area contributed by atoms with Gasteiger partial charge in [0.15, 0.2) is 0 Å². The molecule has 0 saturated carbocycles. The summed E-state index contributed by atoms with van der Waals surface area (Å²) in [5.41, 5.74) is 1.35. The van der Waals surface area contributed by atoms with Crippen molar-refractivity contribution in [1.82, 2.24) is 9.80 Å². The lowest BCUT2D eigenvalue weighted by Gasteiger charge is -2.35. The number of amides is 1. The van der Waals surface area contributed by atoms with Crippen molar-refractivity contribution in [3.8, 4) is 0 Å². The van der Waals surface area contributed by atoms with Crippen LogP contribution in [0.1, 0.15) is 39.2 Å². The zero-order valence-corrected chi connectivity index (χ0v) is 18.5. The third kappa shape index (κ3) is 8.84. The topological polar surface area (TPSA) is 111 Å². The number of ether oxygens (including phenoxy) is 1. The van der Waals surface area contributed by atoms with Crippen LogP contribution in [0.25, 0.3) is 0 Å². The predicted octanol–water partition coefficient (Wildman–Crippen LogP) is 2.50. The number of carboxylic acid groups (broad SMARTS) is 2. The molecule has 1 aromatic rings. The molecule has 0 atom stereocenters. The van der Waals surface area contributed by atoms with Crippen LogP contribution >= 0.6 is 0 Å². The molecule has 1 aromatic carbocycles. The lowest BCUT2D eigenvalue weighted by Crippen LogP contribution is -2.49. The molecule has 1 amide bonds. The van der Waals surface area contributed by atoms with Crippen molar-refractivity contribution < 1.29 is 29.3 Å². The van der Waals surface area contributed by atoms with E-state index in [-0.39, 0.29) is 32.0 Å². The Hall–Kier alpha value is -2.81. The Morgan fingerprint density at radius 3 is 2.10 bits per heavy atom. The van der Waals surface area contributed by atoms with Gasteiger partial charge in [-0.15, -0.1) is 0 Å². The molecule has 1 aliphatic heterocycles. The van der Waals surface area contributed by atoms with Gasteiger partial charge >= 0.3 is 18.0 Å². The van der Waals surface area contributed by atoms with Crippen molar-refractivity contribution in [3.63, 3.8) is 0 Å². The van der Waals surface area contributed by atoms with Gasteiger partial charge in [0, 0.05) is 51.5 Å². The Kier molecular flexibility index (Phi) is 8.67. The number of benzene rings is 1. The molecule has 0 spiro atoms. The number of aliphatic carboxylic acids is 2. The van der Waals surface area contributed by atoms with Crippen LogP contribution in [0, 0.1) is 0 Å². The van der Waals surface area contributed by atoms with Crippen LogP contribution < -0.4 is 4.90 Å². The number of nitrogens with zero attached hydrogens (tertiary/aromatic N) is 3. The van der Waals surface area contributed by atoms with Crippen LogP contribution in [0.3, 0.4) is 0 Å². The Labute approximate surface area is 183 Å². The summed E-state index contributed by atoms with van der Waals surface area (Å²) in [6, 6.07) is 7.74. The highest BCUT2D eigenvalue weighted by atomic mass is 16.6. The van der Waals surface area contributed by atoms with Crippen molar-refractivity contribution in [2.24, 2.45) is 0 Å². The van der Waals surface area contributed by atoms with Crippen molar-refractivity contribution in [2.75, 3.05) is 44.2 Å². The molecular formula is C22H33N3O6.